The average Bonchev–Trinajstić information content (AvgIpc) is 3.37. The van der Waals surface area contributed by atoms with Gasteiger partial charge in [0.1, 0.15) is 12.7 Å². The molecule has 0 radical (unpaired) electrons. The lowest BCUT2D eigenvalue weighted by Gasteiger charge is -2.19. The summed E-state index contributed by atoms with van der Waals surface area (Å²) in [5.74, 6) is 1.49. The quantitative estimate of drug-likeness (QED) is 0.766. The van der Waals surface area contributed by atoms with Crippen LogP contribution in [-0.2, 0) is 22.7 Å². The number of carbonyl (C=O) groups is 1. The molecule has 1 unspecified atom stereocenters. The van der Waals surface area contributed by atoms with E-state index in [2.05, 4.69) is 39.2 Å². The van der Waals surface area contributed by atoms with Gasteiger partial charge in [0.15, 0.2) is 0 Å². The first-order valence-electron chi connectivity index (χ1n) is 9.53. The van der Waals surface area contributed by atoms with Crippen molar-refractivity contribution in [1.29, 1.82) is 0 Å². The fraction of sp³-hybridized carbons (Fsp3) is 0.550. The third kappa shape index (κ3) is 4.12. The standard InChI is InChI=1S/C20H26N4O2/c25-20(7-4-8-24-15-21-14-22-24)23-11-17-9-19(10-18(17)12-23)26-13-16-5-2-1-3-6-16/h1-3,5-6,14-15,17-19H,4,7-13H2/t17-,18+,19?. The second-order valence-corrected chi connectivity index (χ2v) is 7.47. The molecule has 0 spiro atoms. The van der Waals surface area contributed by atoms with Gasteiger partial charge in [0.25, 0.3) is 0 Å². The molecule has 1 aromatic heterocycles. The Morgan fingerprint density at radius 3 is 2.62 bits per heavy atom. The summed E-state index contributed by atoms with van der Waals surface area (Å²) in [7, 11) is 0. The van der Waals surface area contributed by atoms with Gasteiger partial charge in [0.2, 0.25) is 5.91 Å². The molecule has 2 heterocycles. The molecule has 2 fully saturated rings. The van der Waals surface area contributed by atoms with Crippen LogP contribution in [0.1, 0.15) is 31.2 Å². The van der Waals surface area contributed by atoms with Crippen molar-refractivity contribution in [3.8, 4) is 0 Å². The first-order chi connectivity index (χ1) is 12.8. The lowest BCUT2D eigenvalue weighted by Crippen LogP contribution is -2.30. The van der Waals surface area contributed by atoms with Crippen molar-refractivity contribution >= 4 is 5.91 Å². The van der Waals surface area contributed by atoms with E-state index in [4.69, 9.17) is 4.74 Å². The fourth-order valence-corrected chi connectivity index (χ4v) is 4.27. The molecular formula is C20H26N4O2. The fourth-order valence-electron chi connectivity index (χ4n) is 4.27. The minimum Gasteiger partial charge on any atom is -0.374 e. The molecule has 3 atom stereocenters. The van der Waals surface area contributed by atoms with Crippen LogP contribution in [-0.4, -0.2) is 44.8 Å². The highest BCUT2D eigenvalue weighted by atomic mass is 16.5. The zero-order valence-corrected chi connectivity index (χ0v) is 15.0. The molecule has 4 rings (SSSR count). The second-order valence-electron chi connectivity index (χ2n) is 7.47. The van der Waals surface area contributed by atoms with Crippen LogP contribution in [0, 0.1) is 11.8 Å². The van der Waals surface area contributed by atoms with Crippen molar-refractivity contribution < 1.29 is 9.53 Å². The van der Waals surface area contributed by atoms with E-state index in [1.807, 2.05) is 6.07 Å². The van der Waals surface area contributed by atoms with Gasteiger partial charge >= 0.3 is 0 Å². The summed E-state index contributed by atoms with van der Waals surface area (Å²) in [6.45, 7) is 3.24. The van der Waals surface area contributed by atoms with Crippen LogP contribution < -0.4 is 0 Å². The van der Waals surface area contributed by atoms with Crippen LogP contribution in [0.25, 0.3) is 0 Å². The van der Waals surface area contributed by atoms with Crippen LogP contribution in [0.5, 0.6) is 0 Å². The Morgan fingerprint density at radius 2 is 1.92 bits per heavy atom. The van der Waals surface area contributed by atoms with Crippen LogP contribution in [0.15, 0.2) is 43.0 Å². The number of hydrogen-bond acceptors (Lipinski definition) is 4. The zero-order valence-electron chi connectivity index (χ0n) is 15.0. The molecule has 2 aromatic rings. The van der Waals surface area contributed by atoms with Crippen LogP contribution in [0.4, 0.5) is 0 Å². The Kier molecular flexibility index (Phi) is 5.29. The minimum atomic E-state index is 0.279. The maximum atomic E-state index is 12.4. The average molecular weight is 354 g/mol. The molecule has 1 aromatic carbocycles. The minimum absolute atomic E-state index is 0.279. The molecule has 6 heteroatoms. The number of nitrogens with zero attached hydrogens (tertiary/aromatic N) is 4. The summed E-state index contributed by atoms with van der Waals surface area (Å²) >= 11 is 0. The number of aromatic nitrogens is 3. The van der Waals surface area contributed by atoms with Crippen molar-refractivity contribution in [2.24, 2.45) is 11.8 Å². The summed E-state index contributed by atoms with van der Waals surface area (Å²) in [5.41, 5.74) is 1.23. The maximum absolute atomic E-state index is 12.4. The summed E-state index contributed by atoms with van der Waals surface area (Å²) in [6.07, 6.45) is 7.14. The lowest BCUT2D eigenvalue weighted by molar-refractivity contribution is -0.130. The largest absolute Gasteiger partial charge is 0.374 e. The number of amides is 1. The topological polar surface area (TPSA) is 60.2 Å². The third-order valence-electron chi connectivity index (χ3n) is 5.63. The third-order valence-corrected chi connectivity index (χ3v) is 5.63. The highest BCUT2D eigenvalue weighted by molar-refractivity contribution is 5.76. The Balaban J connectivity index is 1.18. The molecule has 0 N–H and O–H groups in total. The second kappa shape index (κ2) is 7.99. The van der Waals surface area contributed by atoms with Crippen molar-refractivity contribution in [3.05, 3.63) is 48.5 Å². The number of carbonyl (C=O) groups excluding carboxylic acids is 1. The van der Waals surface area contributed by atoms with E-state index in [0.29, 0.717) is 31.0 Å². The SMILES string of the molecule is O=C(CCCn1cncn1)N1C[C@H]2CC(OCc3ccccc3)C[C@H]2C1. The number of rotatable bonds is 7. The molecular weight excluding hydrogens is 328 g/mol. The molecule has 1 aliphatic heterocycles. The van der Waals surface area contributed by atoms with Crippen LogP contribution >= 0.6 is 0 Å². The summed E-state index contributed by atoms with van der Waals surface area (Å²) < 4.78 is 7.89. The molecule has 1 amide bonds. The van der Waals surface area contributed by atoms with E-state index in [1.54, 1.807) is 11.0 Å². The van der Waals surface area contributed by atoms with Crippen molar-refractivity contribution in [2.45, 2.75) is 44.9 Å². The maximum Gasteiger partial charge on any atom is 0.222 e. The molecule has 138 valence electrons. The number of hydrogen-bond donors (Lipinski definition) is 0. The normalized spacial score (nSPS) is 24.8. The highest BCUT2D eigenvalue weighted by Gasteiger charge is 2.42. The van der Waals surface area contributed by atoms with E-state index < -0.39 is 0 Å². The van der Waals surface area contributed by atoms with E-state index >= 15 is 0 Å². The predicted molar refractivity (Wildman–Crippen MR) is 97.1 cm³/mol. The smallest absolute Gasteiger partial charge is 0.222 e. The lowest BCUT2D eigenvalue weighted by atomic mass is 10.0. The van der Waals surface area contributed by atoms with Gasteiger partial charge in [0, 0.05) is 26.1 Å². The van der Waals surface area contributed by atoms with E-state index in [9.17, 15) is 4.79 Å². The van der Waals surface area contributed by atoms with Crippen molar-refractivity contribution in [1.82, 2.24) is 19.7 Å². The Labute approximate surface area is 154 Å². The number of ether oxygens (including phenoxy) is 1. The molecule has 1 saturated heterocycles. The van der Waals surface area contributed by atoms with Crippen LogP contribution in [0.2, 0.25) is 0 Å². The summed E-state index contributed by atoms with van der Waals surface area (Å²) in [6, 6.07) is 10.3. The van der Waals surface area contributed by atoms with Gasteiger partial charge < -0.3 is 9.64 Å². The molecule has 26 heavy (non-hydrogen) atoms. The highest BCUT2D eigenvalue weighted by Crippen LogP contribution is 2.39. The van der Waals surface area contributed by atoms with Gasteiger partial charge in [-0.2, -0.15) is 5.10 Å². The first-order valence-corrected chi connectivity index (χ1v) is 9.53. The van der Waals surface area contributed by atoms with E-state index in [-0.39, 0.29) is 5.91 Å². The van der Waals surface area contributed by atoms with Gasteiger partial charge in [-0.3, -0.25) is 9.48 Å². The zero-order chi connectivity index (χ0) is 17.8. The van der Waals surface area contributed by atoms with Gasteiger partial charge in [-0.1, -0.05) is 30.3 Å². The number of benzene rings is 1. The first kappa shape index (κ1) is 17.2. The number of aryl methyl sites for hydroxylation is 1. The van der Waals surface area contributed by atoms with Crippen LogP contribution in [0.3, 0.4) is 0 Å². The molecule has 0 bridgehead atoms. The van der Waals surface area contributed by atoms with Gasteiger partial charge in [-0.05, 0) is 36.7 Å². The Morgan fingerprint density at radius 1 is 1.15 bits per heavy atom. The van der Waals surface area contributed by atoms with E-state index in [1.165, 1.54) is 11.9 Å². The van der Waals surface area contributed by atoms with E-state index in [0.717, 1.165) is 38.9 Å². The Hall–Kier alpha value is -2.21. The number of fused-ring (bicyclic) bond motifs is 1. The number of likely N-dealkylation sites (tertiary alicyclic amines) is 1. The van der Waals surface area contributed by atoms with Gasteiger partial charge in [0.05, 0.1) is 12.7 Å². The van der Waals surface area contributed by atoms with Gasteiger partial charge in [-0.25, -0.2) is 4.98 Å². The summed E-state index contributed by atoms with van der Waals surface area (Å²) in [4.78, 5) is 18.4. The molecule has 1 saturated carbocycles. The monoisotopic (exact) mass is 354 g/mol. The predicted octanol–water partition coefficient (Wildman–Crippen LogP) is 2.51. The van der Waals surface area contributed by atoms with Crippen molar-refractivity contribution in [2.75, 3.05) is 13.1 Å². The summed E-state index contributed by atoms with van der Waals surface area (Å²) in [5, 5.41) is 4.07. The Bertz CT molecular complexity index is 690. The van der Waals surface area contributed by atoms with Crippen molar-refractivity contribution in [3.63, 3.8) is 0 Å². The molecule has 6 nitrogen and oxygen atoms in total. The molecule has 1 aliphatic carbocycles. The van der Waals surface area contributed by atoms with Gasteiger partial charge in [-0.15, -0.1) is 0 Å². The molecule has 2 aliphatic rings.